The van der Waals surface area contributed by atoms with Crippen LogP contribution in [0.2, 0.25) is 0 Å². The third kappa shape index (κ3) is 3.17. The van der Waals surface area contributed by atoms with Gasteiger partial charge in [-0.25, -0.2) is 4.98 Å². The molecule has 1 unspecified atom stereocenters. The van der Waals surface area contributed by atoms with Crippen LogP contribution in [0, 0.1) is 0 Å². The van der Waals surface area contributed by atoms with Crippen molar-refractivity contribution in [3.63, 3.8) is 0 Å². The van der Waals surface area contributed by atoms with Crippen molar-refractivity contribution in [1.29, 1.82) is 0 Å². The summed E-state index contributed by atoms with van der Waals surface area (Å²) in [4.78, 5) is 4.45. The average Bonchev–Trinajstić information content (AvgIpc) is 2.95. The monoisotopic (exact) mass is 249 g/mol. The number of hydrogen-bond acceptors (Lipinski definition) is 3. The zero-order chi connectivity index (χ0) is 12.1. The molecule has 0 saturated heterocycles. The lowest BCUT2D eigenvalue weighted by Gasteiger charge is -2.17. The Kier molecular flexibility index (Phi) is 4.34. The number of nitrogens with one attached hydrogen (secondary N) is 1. The van der Waals surface area contributed by atoms with E-state index in [2.05, 4.69) is 45.7 Å². The highest BCUT2D eigenvalue weighted by molar-refractivity contribution is 7.07. The molecule has 0 saturated carbocycles. The summed E-state index contributed by atoms with van der Waals surface area (Å²) in [6.07, 6.45) is 6.02. The molecule has 3 nitrogen and oxygen atoms in total. The maximum Gasteiger partial charge on any atom is 0.125 e. The number of imidazole rings is 1. The van der Waals surface area contributed by atoms with E-state index >= 15 is 0 Å². The normalized spacial score (nSPS) is 12.8. The summed E-state index contributed by atoms with van der Waals surface area (Å²) in [7, 11) is 2.05. The molecule has 0 aliphatic carbocycles. The quantitative estimate of drug-likeness (QED) is 0.853. The molecule has 0 radical (unpaired) electrons. The number of rotatable bonds is 6. The van der Waals surface area contributed by atoms with Crippen LogP contribution in [0.4, 0.5) is 0 Å². The van der Waals surface area contributed by atoms with Gasteiger partial charge in [0.1, 0.15) is 5.82 Å². The maximum absolute atomic E-state index is 4.45. The second kappa shape index (κ2) is 5.98. The van der Waals surface area contributed by atoms with Gasteiger partial charge in [0.15, 0.2) is 0 Å². The maximum atomic E-state index is 4.45. The molecule has 17 heavy (non-hydrogen) atoms. The largest absolute Gasteiger partial charge is 0.337 e. The molecule has 2 rings (SSSR count). The fourth-order valence-corrected chi connectivity index (χ4v) is 2.61. The van der Waals surface area contributed by atoms with E-state index in [0.29, 0.717) is 6.04 Å². The van der Waals surface area contributed by atoms with Crippen molar-refractivity contribution in [2.75, 3.05) is 6.54 Å². The van der Waals surface area contributed by atoms with Gasteiger partial charge in [0.05, 0.1) is 6.04 Å². The van der Waals surface area contributed by atoms with Crippen LogP contribution in [-0.2, 0) is 13.5 Å². The van der Waals surface area contributed by atoms with Gasteiger partial charge in [0.25, 0.3) is 0 Å². The molecule has 1 atom stereocenters. The van der Waals surface area contributed by atoms with Crippen molar-refractivity contribution in [2.24, 2.45) is 7.05 Å². The van der Waals surface area contributed by atoms with Crippen molar-refractivity contribution in [3.8, 4) is 0 Å². The van der Waals surface area contributed by atoms with Gasteiger partial charge >= 0.3 is 0 Å². The first-order valence-corrected chi connectivity index (χ1v) is 6.97. The number of aromatic nitrogens is 2. The van der Waals surface area contributed by atoms with E-state index in [4.69, 9.17) is 0 Å². The van der Waals surface area contributed by atoms with Gasteiger partial charge in [-0.2, -0.15) is 11.3 Å². The van der Waals surface area contributed by atoms with Crippen molar-refractivity contribution >= 4 is 11.3 Å². The number of aryl methyl sites for hydroxylation is 1. The SMILES string of the molecule is CCCNC(Cc1ccsc1)c1nccn1C. The molecule has 92 valence electrons. The Balaban J connectivity index is 2.11. The summed E-state index contributed by atoms with van der Waals surface area (Å²) < 4.78 is 2.10. The summed E-state index contributed by atoms with van der Waals surface area (Å²) in [5.74, 6) is 1.12. The second-order valence-electron chi connectivity index (χ2n) is 4.24. The molecule has 0 amide bonds. The van der Waals surface area contributed by atoms with E-state index in [9.17, 15) is 0 Å². The number of hydrogen-bond donors (Lipinski definition) is 1. The molecule has 1 N–H and O–H groups in total. The van der Waals surface area contributed by atoms with E-state index in [1.807, 2.05) is 12.4 Å². The van der Waals surface area contributed by atoms with E-state index in [0.717, 1.165) is 25.2 Å². The fraction of sp³-hybridized carbons (Fsp3) is 0.462. The van der Waals surface area contributed by atoms with Crippen LogP contribution in [-0.4, -0.2) is 16.1 Å². The fourth-order valence-electron chi connectivity index (χ4n) is 1.93. The van der Waals surface area contributed by atoms with Crippen LogP contribution in [0.25, 0.3) is 0 Å². The molecule has 4 heteroatoms. The van der Waals surface area contributed by atoms with Gasteiger partial charge < -0.3 is 9.88 Å². The van der Waals surface area contributed by atoms with Crippen LogP contribution >= 0.6 is 11.3 Å². The van der Waals surface area contributed by atoms with Crippen LogP contribution in [0.3, 0.4) is 0 Å². The minimum atomic E-state index is 0.310. The number of nitrogens with zero attached hydrogens (tertiary/aromatic N) is 2. The second-order valence-corrected chi connectivity index (χ2v) is 5.02. The third-order valence-electron chi connectivity index (χ3n) is 2.83. The molecule has 2 heterocycles. The van der Waals surface area contributed by atoms with Gasteiger partial charge in [0.2, 0.25) is 0 Å². The summed E-state index contributed by atoms with van der Waals surface area (Å²) in [5.41, 5.74) is 1.38. The predicted molar refractivity (Wildman–Crippen MR) is 72.3 cm³/mol. The zero-order valence-corrected chi connectivity index (χ0v) is 11.2. The van der Waals surface area contributed by atoms with Gasteiger partial charge in [0, 0.05) is 19.4 Å². The van der Waals surface area contributed by atoms with Crippen molar-refractivity contribution < 1.29 is 0 Å². The van der Waals surface area contributed by atoms with Crippen LogP contribution in [0.5, 0.6) is 0 Å². The average molecular weight is 249 g/mol. The first-order chi connectivity index (χ1) is 8.31. The first kappa shape index (κ1) is 12.3. The van der Waals surface area contributed by atoms with Gasteiger partial charge in [-0.1, -0.05) is 6.92 Å². The van der Waals surface area contributed by atoms with Crippen molar-refractivity contribution in [3.05, 3.63) is 40.6 Å². The van der Waals surface area contributed by atoms with Crippen LogP contribution < -0.4 is 5.32 Å². The van der Waals surface area contributed by atoms with E-state index in [-0.39, 0.29) is 0 Å². The standard InChI is InChI=1S/C13H19N3S/c1-3-5-14-12(9-11-4-8-17-10-11)13-15-6-7-16(13)2/h4,6-8,10,12,14H,3,5,9H2,1-2H3. The Bertz CT molecular complexity index is 433. The van der Waals surface area contributed by atoms with E-state index in [1.54, 1.807) is 11.3 Å². The predicted octanol–water partition coefficient (Wildman–Crippen LogP) is 2.77. The highest BCUT2D eigenvalue weighted by Crippen LogP contribution is 2.18. The molecule has 0 aliphatic heterocycles. The van der Waals surface area contributed by atoms with Gasteiger partial charge in [-0.05, 0) is 41.8 Å². The lowest BCUT2D eigenvalue weighted by molar-refractivity contribution is 0.492. The van der Waals surface area contributed by atoms with E-state index < -0.39 is 0 Å². The Morgan fingerprint density at radius 3 is 3.00 bits per heavy atom. The van der Waals surface area contributed by atoms with Crippen molar-refractivity contribution in [1.82, 2.24) is 14.9 Å². The molecule has 0 aliphatic rings. The summed E-state index contributed by atoms with van der Waals surface area (Å²) in [6, 6.07) is 2.50. The smallest absolute Gasteiger partial charge is 0.125 e. The molecular weight excluding hydrogens is 230 g/mol. The first-order valence-electron chi connectivity index (χ1n) is 6.03. The lowest BCUT2D eigenvalue weighted by atomic mass is 10.1. The van der Waals surface area contributed by atoms with Crippen LogP contribution in [0.15, 0.2) is 29.2 Å². The lowest BCUT2D eigenvalue weighted by Crippen LogP contribution is -2.26. The molecule has 2 aromatic heterocycles. The zero-order valence-electron chi connectivity index (χ0n) is 10.4. The van der Waals surface area contributed by atoms with Gasteiger partial charge in [-0.15, -0.1) is 0 Å². The third-order valence-corrected chi connectivity index (χ3v) is 3.56. The molecule has 0 aromatic carbocycles. The Hall–Kier alpha value is -1.13. The molecule has 0 spiro atoms. The Labute approximate surface area is 107 Å². The highest BCUT2D eigenvalue weighted by atomic mass is 32.1. The summed E-state index contributed by atoms with van der Waals surface area (Å²) in [6.45, 7) is 3.22. The highest BCUT2D eigenvalue weighted by Gasteiger charge is 2.15. The molecular formula is C13H19N3S. The van der Waals surface area contributed by atoms with Crippen molar-refractivity contribution in [2.45, 2.75) is 25.8 Å². The number of thiophene rings is 1. The minimum absolute atomic E-state index is 0.310. The minimum Gasteiger partial charge on any atom is -0.337 e. The molecule has 2 aromatic rings. The molecule has 0 fully saturated rings. The summed E-state index contributed by atoms with van der Waals surface area (Å²) in [5, 5.41) is 7.91. The Morgan fingerprint density at radius 1 is 1.53 bits per heavy atom. The van der Waals surface area contributed by atoms with Crippen LogP contribution in [0.1, 0.15) is 30.8 Å². The van der Waals surface area contributed by atoms with E-state index in [1.165, 1.54) is 5.56 Å². The topological polar surface area (TPSA) is 29.9 Å². The summed E-state index contributed by atoms with van der Waals surface area (Å²) >= 11 is 1.75. The van der Waals surface area contributed by atoms with Gasteiger partial charge in [-0.3, -0.25) is 0 Å². The Morgan fingerprint density at radius 2 is 2.41 bits per heavy atom. The molecule has 0 bridgehead atoms.